The summed E-state index contributed by atoms with van der Waals surface area (Å²) in [4.78, 5) is 12.6. The molecule has 4 rings (SSSR count). The predicted octanol–water partition coefficient (Wildman–Crippen LogP) is 5.35. The van der Waals surface area contributed by atoms with Gasteiger partial charge in [-0.25, -0.2) is 17.2 Å². The number of sulfone groups is 1. The molecule has 4 atom stereocenters. The Morgan fingerprint density at radius 3 is 2.38 bits per heavy atom. The maximum atomic E-state index is 13.5. The minimum Gasteiger partial charge on any atom is -0.390 e. The first-order valence-corrected chi connectivity index (χ1v) is 12.8. The van der Waals surface area contributed by atoms with Crippen LogP contribution in [0.25, 0.3) is 0 Å². The van der Waals surface area contributed by atoms with Gasteiger partial charge < -0.3 is 10.4 Å². The summed E-state index contributed by atoms with van der Waals surface area (Å²) in [6.07, 6.45) is 2.21. The number of halogens is 4. The Kier molecular flexibility index (Phi) is 6.15. The normalized spacial score (nSPS) is 27.4. The van der Waals surface area contributed by atoms with Gasteiger partial charge in [0, 0.05) is 16.2 Å². The number of amides is 1. The molecule has 0 spiro atoms. The number of hydrogen-bond acceptors (Lipinski definition) is 4. The number of fused-ring (bicyclic) bond motifs is 2. The Balaban J connectivity index is 1.65. The first-order valence-electron chi connectivity index (χ1n) is 10.1. The van der Waals surface area contributed by atoms with E-state index in [0.29, 0.717) is 12.8 Å². The summed E-state index contributed by atoms with van der Waals surface area (Å²) < 4.78 is 53.8. The highest BCUT2D eigenvalue weighted by molar-refractivity contribution is 9.10. The molecular formula is C22H21BrClF2NO4S. The van der Waals surface area contributed by atoms with Gasteiger partial charge in [-0.05, 0) is 84.6 Å². The van der Waals surface area contributed by atoms with E-state index in [1.54, 1.807) is 6.92 Å². The van der Waals surface area contributed by atoms with Gasteiger partial charge in [0.15, 0.2) is 21.5 Å². The van der Waals surface area contributed by atoms with Crippen molar-refractivity contribution in [2.45, 2.75) is 48.4 Å². The van der Waals surface area contributed by atoms with Crippen LogP contribution in [0.1, 0.15) is 43.0 Å². The summed E-state index contributed by atoms with van der Waals surface area (Å²) in [6.45, 7) is 1.77. The molecule has 2 aliphatic rings. The van der Waals surface area contributed by atoms with Gasteiger partial charge in [0.2, 0.25) is 0 Å². The molecule has 0 heterocycles. The molecule has 2 saturated carbocycles. The van der Waals surface area contributed by atoms with E-state index in [9.17, 15) is 27.1 Å². The smallest absolute Gasteiger partial charge is 0.256 e. The zero-order valence-electron chi connectivity index (χ0n) is 17.0. The molecule has 2 aromatic rings. The molecule has 2 unspecified atom stereocenters. The molecule has 2 N–H and O–H groups in total. The Hall–Kier alpha value is -1.55. The molecule has 10 heteroatoms. The van der Waals surface area contributed by atoms with Crippen molar-refractivity contribution in [1.29, 1.82) is 0 Å². The van der Waals surface area contributed by atoms with Gasteiger partial charge >= 0.3 is 0 Å². The van der Waals surface area contributed by atoms with E-state index in [1.165, 1.54) is 18.2 Å². The first-order chi connectivity index (χ1) is 14.9. The highest BCUT2D eigenvalue weighted by atomic mass is 79.9. The minimum atomic E-state index is -3.88. The molecular weight excluding hydrogens is 528 g/mol. The molecule has 0 saturated heterocycles. The van der Waals surface area contributed by atoms with E-state index in [4.69, 9.17) is 11.6 Å². The van der Waals surface area contributed by atoms with Crippen molar-refractivity contribution < 1.29 is 27.1 Å². The lowest BCUT2D eigenvalue weighted by molar-refractivity contribution is -0.0413. The summed E-state index contributed by atoms with van der Waals surface area (Å²) in [6, 6.07) is 5.44. The zero-order chi connectivity index (χ0) is 23.4. The zero-order valence-corrected chi connectivity index (χ0v) is 20.2. The molecule has 32 heavy (non-hydrogen) atoms. The second kappa shape index (κ2) is 8.34. The molecule has 0 radical (unpaired) electrons. The standard InChI is InChI=1S/C22H21BrClF2NO4S/c1-22(29)11-2-3-12(22)7-14(6-11)32(30,31)20-9-15(16(23)10-17(20)24)21(28)27-13-4-5-18(25)19(26)8-13/h4-5,8-12,14,29H,2-3,6-7H2,1H3,(H,27,28)/t11-,12?,14?,22-/m0/s1. The van der Waals surface area contributed by atoms with Crippen molar-refractivity contribution in [3.63, 3.8) is 0 Å². The topological polar surface area (TPSA) is 83.5 Å². The summed E-state index contributed by atoms with van der Waals surface area (Å²) in [5.74, 6) is -3.09. The van der Waals surface area contributed by atoms with Crippen molar-refractivity contribution in [2.75, 3.05) is 5.32 Å². The SMILES string of the molecule is C[C@@]1(O)C2CC[C@H]1CC(S(=O)(=O)c1cc(C(=O)Nc3ccc(F)c(F)c3)c(Br)cc1Cl)C2. The van der Waals surface area contributed by atoms with Gasteiger partial charge in [0.25, 0.3) is 5.91 Å². The first kappa shape index (κ1) is 23.6. The van der Waals surface area contributed by atoms with Crippen LogP contribution in [0.2, 0.25) is 5.02 Å². The van der Waals surface area contributed by atoms with Crippen LogP contribution in [0.5, 0.6) is 0 Å². The van der Waals surface area contributed by atoms with E-state index in [-0.39, 0.29) is 37.5 Å². The van der Waals surface area contributed by atoms with Crippen LogP contribution in [-0.2, 0) is 9.84 Å². The van der Waals surface area contributed by atoms with Crippen LogP contribution in [0.15, 0.2) is 39.7 Å². The van der Waals surface area contributed by atoms with Crippen LogP contribution >= 0.6 is 27.5 Å². The number of rotatable bonds is 4. The summed E-state index contributed by atoms with van der Waals surface area (Å²) in [5.41, 5.74) is -0.861. The van der Waals surface area contributed by atoms with Gasteiger partial charge in [-0.3, -0.25) is 4.79 Å². The highest BCUT2D eigenvalue weighted by Gasteiger charge is 2.53. The van der Waals surface area contributed by atoms with E-state index < -0.39 is 38.2 Å². The van der Waals surface area contributed by atoms with Crippen LogP contribution < -0.4 is 5.32 Å². The predicted molar refractivity (Wildman–Crippen MR) is 121 cm³/mol. The second-order valence-electron chi connectivity index (χ2n) is 8.68. The maximum absolute atomic E-state index is 13.5. The lowest BCUT2D eigenvalue weighted by Crippen LogP contribution is -2.45. The van der Waals surface area contributed by atoms with E-state index >= 15 is 0 Å². The monoisotopic (exact) mass is 547 g/mol. The highest BCUT2D eigenvalue weighted by Crippen LogP contribution is 2.52. The number of nitrogens with one attached hydrogen (secondary N) is 1. The van der Waals surface area contributed by atoms with Crippen LogP contribution in [0.3, 0.4) is 0 Å². The largest absolute Gasteiger partial charge is 0.390 e. The quantitative estimate of drug-likeness (QED) is 0.540. The number of anilines is 1. The number of benzene rings is 2. The molecule has 5 nitrogen and oxygen atoms in total. The number of hydrogen-bond donors (Lipinski definition) is 2. The lowest BCUT2D eigenvalue weighted by atomic mass is 9.76. The molecule has 2 bridgehead atoms. The van der Waals surface area contributed by atoms with E-state index in [1.807, 2.05) is 0 Å². The molecule has 0 aromatic heterocycles. The Morgan fingerprint density at radius 2 is 1.78 bits per heavy atom. The Labute approximate surface area is 198 Å². The maximum Gasteiger partial charge on any atom is 0.256 e. The lowest BCUT2D eigenvalue weighted by Gasteiger charge is -2.40. The molecule has 2 aliphatic carbocycles. The van der Waals surface area contributed by atoms with E-state index in [0.717, 1.165) is 25.0 Å². The third-order valence-electron chi connectivity index (χ3n) is 6.80. The van der Waals surface area contributed by atoms with Crippen molar-refractivity contribution in [1.82, 2.24) is 0 Å². The summed E-state index contributed by atoms with van der Waals surface area (Å²) >= 11 is 9.49. The van der Waals surface area contributed by atoms with Gasteiger partial charge in [-0.15, -0.1) is 0 Å². The van der Waals surface area contributed by atoms with Crippen molar-refractivity contribution >= 4 is 49.0 Å². The third-order valence-corrected chi connectivity index (χ3v) is 10.1. The van der Waals surface area contributed by atoms with Crippen LogP contribution in [-0.4, -0.2) is 30.3 Å². The summed E-state index contributed by atoms with van der Waals surface area (Å²) in [5, 5.41) is 12.4. The van der Waals surface area contributed by atoms with Gasteiger partial charge in [0.05, 0.1) is 26.3 Å². The summed E-state index contributed by atoms with van der Waals surface area (Å²) in [7, 11) is -3.88. The average Bonchev–Trinajstić information content (AvgIpc) is 2.87. The number of aliphatic hydroxyl groups is 1. The molecule has 1 amide bonds. The molecule has 0 aliphatic heterocycles. The van der Waals surface area contributed by atoms with Crippen molar-refractivity contribution in [3.05, 3.63) is 57.0 Å². The fourth-order valence-electron chi connectivity index (χ4n) is 4.89. The van der Waals surface area contributed by atoms with Crippen LogP contribution in [0.4, 0.5) is 14.5 Å². The molecule has 2 fully saturated rings. The minimum absolute atomic E-state index is 0.0107. The number of carbonyl (C=O) groups excluding carboxylic acids is 1. The number of carbonyl (C=O) groups is 1. The van der Waals surface area contributed by atoms with E-state index in [2.05, 4.69) is 21.2 Å². The molecule has 172 valence electrons. The average molecular weight is 549 g/mol. The van der Waals surface area contributed by atoms with Gasteiger partial charge in [-0.2, -0.15) is 0 Å². The Morgan fingerprint density at radius 1 is 1.16 bits per heavy atom. The van der Waals surface area contributed by atoms with Gasteiger partial charge in [-0.1, -0.05) is 11.6 Å². The van der Waals surface area contributed by atoms with Crippen LogP contribution in [0, 0.1) is 23.5 Å². The third kappa shape index (κ3) is 4.08. The van der Waals surface area contributed by atoms with Crippen molar-refractivity contribution in [2.24, 2.45) is 11.8 Å². The Bertz CT molecular complexity index is 1190. The van der Waals surface area contributed by atoms with Crippen molar-refractivity contribution in [3.8, 4) is 0 Å². The fraction of sp³-hybridized carbons (Fsp3) is 0.409. The fourth-order valence-corrected chi connectivity index (χ4v) is 7.98. The molecule has 2 aromatic carbocycles. The van der Waals surface area contributed by atoms with Gasteiger partial charge in [0.1, 0.15) is 0 Å². The second-order valence-corrected chi connectivity index (χ2v) is 12.1.